The van der Waals surface area contributed by atoms with Crippen LogP contribution in [0.2, 0.25) is 0 Å². The third kappa shape index (κ3) is 5.02. The van der Waals surface area contributed by atoms with Gasteiger partial charge in [0, 0.05) is 9.26 Å². The molecule has 0 aliphatic rings. The number of hydrogen-bond acceptors (Lipinski definition) is 3. The minimum absolute atomic E-state index is 0.251. The molecular weight excluding hydrogens is 389 g/mol. The summed E-state index contributed by atoms with van der Waals surface area (Å²) in [5, 5.41) is 3.27. The number of esters is 1. The highest BCUT2D eigenvalue weighted by atomic mass is 127. The Hall–Kier alpha value is -1.56. The summed E-state index contributed by atoms with van der Waals surface area (Å²) in [6.07, 6.45) is 0. The van der Waals surface area contributed by atoms with Crippen molar-refractivity contribution >= 4 is 34.2 Å². The van der Waals surface area contributed by atoms with Gasteiger partial charge in [0.05, 0.1) is 6.61 Å². The number of halogens is 1. The van der Waals surface area contributed by atoms with Crippen LogP contribution in [0.5, 0.6) is 0 Å². The fourth-order valence-corrected chi connectivity index (χ4v) is 2.33. The van der Waals surface area contributed by atoms with Gasteiger partial charge in [0.2, 0.25) is 0 Å². The van der Waals surface area contributed by atoms with Gasteiger partial charge >= 0.3 is 5.97 Å². The van der Waals surface area contributed by atoms with Crippen LogP contribution in [0, 0.1) is 9.49 Å². The second-order valence-corrected chi connectivity index (χ2v) is 6.76. The Morgan fingerprint density at radius 3 is 2.32 bits per heavy atom. The SMILES string of the molecule is CC(C)COC(=O)C(Nc1ccc(I)cc1)c1ccccc1. The Morgan fingerprint density at radius 2 is 1.73 bits per heavy atom. The quantitative estimate of drug-likeness (QED) is 0.558. The average molecular weight is 409 g/mol. The number of carbonyl (C=O) groups excluding carboxylic acids is 1. The van der Waals surface area contributed by atoms with Crippen LogP contribution in [0.1, 0.15) is 25.5 Å². The predicted octanol–water partition coefficient (Wildman–Crippen LogP) is 4.64. The number of benzene rings is 2. The molecule has 0 fully saturated rings. The van der Waals surface area contributed by atoms with Crippen LogP contribution in [0.4, 0.5) is 5.69 Å². The Labute approximate surface area is 145 Å². The number of hydrogen-bond donors (Lipinski definition) is 1. The molecule has 0 amide bonds. The Balaban J connectivity index is 2.18. The molecule has 0 spiro atoms. The summed E-state index contributed by atoms with van der Waals surface area (Å²) in [4.78, 5) is 12.4. The van der Waals surface area contributed by atoms with Crippen LogP contribution >= 0.6 is 22.6 Å². The molecule has 2 aromatic rings. The zero-order chi connectivity index (χ0) is 15.9. The molecule has 1 N–H and O–H groups in total. The van der Waals surface area contributed by atoms with Crippen molar-refractivity contribution < 1.29 is 9.53 Å². The fraction of sp³-hybridized carbons (Fsp3) is 0.278. The fourth-order valence-electron chi connectivity index (χ4n) is 1.97. The van der Waals surface area contributed by atoms with Crippen molar-refractivity contribution in [3.8, 4) is 0 Å². The number of carbonyl (C=O) groups is 1. The maximum atomic E-state index is 12.4. The van der Waals surface area contributed by atoms with Crippen molar-refractivity contribution in [3.63, 3.8) is 0 Å². The molecular formula is C18H20INO2. The first-order valence-electron chi connectivity index (χ1n) is 7.30. The smallest absolute Gasteiger partial charge is 0.333 e. The first-order valence-corrected chi connectivity index (χ1v) is 8.38. The second kappa shape index (κ2) is 8.17. The minimum Gasteiger partial charge on any atom is -0.464 e. The van der Waals surface area contributed by atoms with E-state index in [4.69, 9.17) is 4.74 Å². The minimum atomic E-state index is -0.500. The van der Waals surface area contributed by atoms with E-state index in [1.807, 2.05) is 68.4 Å². The van der Waals surface area contributed by atoms with Crippen molar-refractivity contribution in [3.05, 3.63) is 63.7 Å². The first kappa shape index (κ1) is 16.8. The zero-order valence-electron chi connectivity index (χ0n) is 12.8. The maximum Gasteiger partial charge on any atom is 0.333 e. The lowest BCUT2D eigenvalue weighted by Crippen LogP contribution is -2.24. The van der Waals surface area contributed by atoms with Crippen molar-refractivity contribution in [2.75, 3.05) is 11.9 Å². The van der Waals surface area contributed by atoms with Crippen molar-refractivity contribution in [2.24, 2.45) is 5.92 Å². The van der Waals surface area contributed by atoms with E-state index in [1.165, 1.54) is 0 Å². The molecule has 0 aliphatic carbocycles. The van der Waals surface area contributed by atoms with Gasteiger partial charge in [-0.1, -0.05) is 44.2 Å². The molecule has 0 saturated heterocycles. The van der Waals surface area contributed by atoms with E-state index in [-0.39, 0.29) is 5.97 Å². The van der Waals surface area contributed by atoms with Crippen molar-refractivity contribution in [2.45, 2.75) is 19.9 Å². The largest absolute Gasteiger partial charge is 0.464 e. The zero-order valence-corrected chi connectivity index (χ0v) is 14.9. The van der Waals surface area contributed by atoms with Crippen LogP contribution in [-0.4, -0.2) is 12.6 Å². The molecule has 1 atom stereocenters. The highest BCUT2D eigenvalue weighted by Crippen LogP contribution is 2.22. The summed E-state index contributed by atoms with van der Waals surface area (Å²) >= 11 is 2.26. The van der Waals surface area contributed by atoms with Crippen LogP contribution in [0.3, 0.4) is 0 Å². The van der Waals surface area contributed by atoms with Gasteiger partial charge in [-0.2, -0.15) is 0 Å². The van der Waals surface area contributed by atoms with E-state index in [0.29, 0.717) is 12.5 Å². The van der Waals surface area contributed by atoms with Crippen LogP contribution in [-0.2, 0) is 9.53 Å². The Bertz CT molecular complexity index is 596. The van der Waals surface area contributed by atoms with Gasteiger partial charge in [-0.15, -0.1) is 0 Å². The summed E-state index contributed by atoms with van der Waals surface area (Å²) in [5.74, 6) is 0.0668. The monoisotopic (exact) mass is 409 g/mol. The molecule has 22 heavy (non-hydrogen) atoms. The van der Waals surface area contributed by atoms with Gasteiger partial charge in [-0.3, -0.25) is 0 Å². The van der Waals surface area contributed by atoms with E-state index in [2.05, 4.69) is 27.9 Å². The molecule has 116 valence electrons. The summed E-state index contributed by atoms with van der Waals surface area (Å²) < 4.78 is 6.57. The number of nitrogens with one attached hydrogen (secondary N) is 1. The van der Waals surface area contributed by atoms with Crippen molar-refractivity contribution in [1.29, 1.82) is 0 Å². The summed E-state index contributed by atoms with van der Waals surface area (Å²) in [5.41, 5.74) is 1.80. The second-order valence-electron chi connectivity index (χ2n) is 5.52. The summed E-state index contributed by atoms with van der Waals surface area (Å²) in [7, 11) is 0. The van der Waals surface area contributed by atoms with E-state index < -0.39 is 6.04 Å². The molecule has 0 saturated carbocycles. The maximum absolute atomic E-state index is 12.4. The Kier molecular flexibility index (Phi) is 6.24. The highest BCUT2D eigenvalue weighted by molar-refractivity contribution is 14.1. The summed E-state index contributed by atoms with van der Waals surface area (Å²) in [6.45, 7) is 4.48. The molecule has 2 rings (SSSR count). The molecule has 2 aromatic carbocycles. The highest BCUT2D eigenvalue weighted by Gasteiger charge is 2.22. The lowest BCUT2D eigenvalue weighted by molar-refractivity contribution is -0.145. The number of rotatable bonds is 6. The van der Waals surface area contributed by atoms with Crippen molar-refractivity contribution in [1.82, 2.24) is 0 Å². The molecule has 0 bridgehead atoms. The molecule has 4 heteroatoms. The number of ether oxygens (including phenoxy) is 1. The lowest BCUT2D eigenvalue weighted by atomic mass is 10.1. The topological polar surface area (TPSA) is 38.3 Å². The molecule has 0 aliphatic heterocycles. The Morgan fingerprint density at radius 1 is 1.09 bits per heavy atom. The van der Waals surface area contributed by atoms with E-state index in [9.17, 15) is 4.79 Å². The normalized spacial score (nSPS) is 12.0. The summed E-state index contributed by atoms with van der Waals surface area (Å²) in [6, 6.07) is 17.1. The van der Waals surface area contributed by atoms with Gasteiger partial charge in [-0.05, 0) is 58.3 Å². The average Bonchev–Trinajstić information content (AvgIpc) is 2.53. The third-order valence-electron chi connectivity index (χ3n) is 3.08. The molecule has 1 unspecified atom stereocenters. The van der Waals surface area contributed by atoms with Gasteiger partial charge in [0.15, 0.2) is 6.04 Å². The van der Waals surface area contributed by atoms with E-state index >= 15 is 0 Å². The van der Waals surface area contributed by atoms with Crippen LogP contribution in [0.15, 0.2) is 54.6 Å². The molecule has 3 nitrogen and oxygen atoms in total. The predicted molar refractivity (Wildman–Crippen MR) is 97.8 cm³/mol. The molecule has 0 heterocycles. The number of anilines is 1. The van der Waals surface area contributed by atoms with E-state index in [1.54, 1.807) is 0 Å². The van der Waals surface area contributed by atoms with Gasteiger partial charge in [-0.25, -0.2) is 4.79 Å². The molecule has 0 radical (unpaired) electrons. The van der Waals surface area contributed by atoms with E-state index in [0.717, 1.165) is 14.8 Å². The van der Waals surface area contributed by atoms with Gasteiger partial charge in [0.25, 0.3) is 0 Å². The van der Waals surface area contributed by atoms with Gasteiger partial charge < -0.3 is 10.1 Å². The molecule has 0 aromatic heterocycles. The van der Waals surface area contributed by atoms with Crippen LogP contribution < -0.4 is 5.32 Å². The third-order valence-corrected chi connectivity index (χ3v) is 3.80. The standard InChI is InChI=1S/C18H20INO2/c1-13(2)12-22-18(21)17(14-6-4-3-5-7-14)20-16-10-8-15(19)9-11-16/h3-11,13,17,20H,12H2,1-2H3. The first-order chi connectivity index (χ1) is 10.6. The van der Waals surface area contributed by atoms with Crippen LogP contribution in [0.25, 0.3) is 0 Å². The lowest BCUT2D eigenvalue weighted by Gasteiger charge is -2.20. The van der Waals surface area contributed by atoms with Gasteiger partial charge in [0.1, 0.15) is 0 Å².